The molecule has 0 bridgehead atoms. The van der Waals surface area contributed by atoms with Crippen molar-refractivity contribution in [3.05, 3.63) is 23.5 Å². The molecule has 0 aromatic heterocycles. The van der Waals surface area contributed by atoms with Crippen LogP contribution in [0.25, 0.3) is 0 Å². The Bertz CT molecular complexity index is 620. The van der Waals surface area contributed by atoms with Crippen LogP contribution in [-0.4, -0.2) is 36.1 Å². The molecule has 3 N–H and O–H groups in total. The van der Waals surface area contributed by atoms with Crippen molar-refractivity contribution in [2.75, 3.05) is 23.3 Å². The lowest BCUT2D eigenvalue weighted by Gasteiger charge is -2.36. The molecule has 2 amide bonds. The first-order valence-electron chi connectivity index (χ1n) is 6.89. The van der Waals surface area contributed by atoms with E-state index in [0.29, 0.717) is 25.2 Å². The molecular formula is C14H16FN3O3. The molecule has 1 aromatic carbocycles. The molecule has 1 fully saturated rings. The average Bonchev–Trinajstić information content (AvgIpc) is 2.73. The Balaban J connectivity index is 2.01. The molecule has 0 radical (unpaired) electrons. The molecule has 2 aliphatic rings. The number of nitrogens with zero attached hydrogens (tertiary/aromatic N) is 1. The van der Waals surface area contributed by atoms with Crippen LogP contribution in [0.2, 0.25) is 0 Å². The molecular weight excluding hydrogens is 277 g/mol. The van der Waals surface area contributed by atoms with Crippen molar-refractivity contribution >= 4 is 23.2 Å². The van der Waals surface area contributed by atoms with Crippen LogP contribution in [0.4, 0.5) is 15.8 Å². The zero-order valence-electron chi connectivity index (χ0n) is 11.5. The van der Waals surface area contributed by atoms with E-state index < -0.39 is 23.9 Å². The van der Waals surface area contributed by atoms with Crippen molar-refractivity contribution in [1.82, 2.24) is 5.32 Å². The highest BCUT2D eigenvalue weighted by atomic mass is 19.1. The second-order valence-corrected chi connectivity index (χ2v) is 5.19. The van der Waals surface area contributed by atoms with Gasteiger partial charge in [-0.15, -0.1) is 0 Å². The number of aliphatic hydroxyl groups excluding tert-OH is 1. The molecule has 2 aliphatic heterocycles. The minimum absolute atomic E-state index is 0.132. The fraction of sp³-hybridized carbons (Fsp3) is 0.429. The Morgan fingerprint density at radius 3 is 2.86 bits per heavy atom. The van der Waals surface area contributed by atoms with E-state index in [1.54, 1.807) is 4.90 Å². The van der Waals surface area contributed by atoms with Gasteiger partial charge >= 0.3 is 0 Å². The van der Waals surface area contributed by atoms with Crippen molar-refractivity contribution in [3.63, 3.8) is 0 Å². The smallest absolute Gasteiger partial charge is 0.257 e. The van der Waals surface area contributed by atoms with Crippen molar-refractivity contribution in [2.24, 2.45) is 0 Å². The molecule has 21 heavy (non-hydrogen) atoms. The minimum atomic E-state index is -1.34. The highest BCUT2D eigenvalue weighted by Crippen LogP contribution is 2.36. The molecule has 1 saturated heterocycles. The number of anilines is 2. The van der Waals surface area contributed by atoms with Crippen LogP contribution >= 0.6 is 0 Å². The van der Waals surface area contributed by atoms with Gasteiger partial charge in [-0.05, 0) is 18.6 Å². The van der Waals surface area contributed by atoms with Gasteiger partial charge in [0.15, 0.2) is 6.10 Å². The van der Waals surface area contributed by atoms with Crippen LogP contribution < -0.4 is 15.5 Å². The highest BCUT2D eigenvalue weighted by molar-refractivity contribution is 6.02. The normalized spacial score (nSPS) is 24.6. The zero-order chi connectivity index (χ0) is 15.1. The molecule has 0 spiro atoms. The number of aliphatic hydroxyl groups is 1. The van der Waals surface area contributed by atoms with E-state index in [0.717, 1.165) is 6.07 Å². The summed E-state index contributed by atoms with van der Waals surface area (Å²) in [4.78, 5) is 25.0. The van der Waals surface area contributed by atoms with Crippen LogP contribution in [-0.2, 0) is 9.59 Å². The largest absolute Gasteiger partial charge is 0.378 e. The second-order valence-electron chi connectivity index (χ2n) is 5.19. The Labute approximate surface area is 120 Å². The highest BCUT2D eigenvalue weighted by Gasteiger charge is 2.34. The molecule has 2 atom stereocenters. The Morgan fingerprint density at radius 1 is 1.38 bits per heavy atom. The maximum absolute atomic E-state index is 14.3. The molecule has 2 heterocycles. The summed E-state index contributed by atoms with van der Waals surface area (Å²) in [7, 11) is 0. The van der Waals surface area contributed by atoms with E-state index in [1.165, 1.54) is 6.07 Å². The van der Waals surface area contributed by atoms with Crippen LogP contribution in [0.15, 0.2) is 12.1 Å². The first-order chi connectivity index (χ1) is 10.0. The Kier molecular flexibility index (Phi) is 3.29. The van der Waals surface area contributed by atoms with Crippen LogP contribution in [0, 0.1) is 5.82 Å². The van der Waals surface area contributed by atoms with Gasteiger partial charge in [0, 0.05) is 24.3 Å². The summed E-state index contributed by atoms with van der Waals surface area (Å²) < 4.78 is 14.3. The number of halogens is 1. The average molecular weight is 293 g/mol. The molecule has 2 unspecified atom stereocenters. The Hall–Kier alpha value is -2.15. The van der Waals surface area contributed by atoms with E-state index in [9.17, 15) is 19.1 Å². The van der Waals surface area contributed by atoms with E-state index in [4.69, 9.17) is 0 Å². The van der Waals surface area contributed by atoms with Crippen molar-refractivity contribution in [1.29, 1.82) is 0 Å². The van der Waals surface area contributed by atoms with Crippen molar-refractivity contribution in [3.8, 4) is 0 Å². The van der Waals surface area contributed by atoms with Crippen molar-refractivity contribution in [2.45, 2.75) is 25.5 Å². The van der Waals surface area contributed by atoms with Gasteiger partial charge in [-0.25, -0.2) is 4.39 Å². The molecule has 3 rings (SSSR count). The van der Waals surface area contributed by atoms with E-state index >= 15 is 0 Å². The summed E-state index contributed by atoms with van der Waals surface area (Å²) in [6.45, 7) is 2.80. The summed E-state index contributed by atoms with van der Waals surface area (Å²) in [6.07, 6.45) is -0.785. The monoisotopic (exact) mass is 293 g/mol. The fourth-order valence-corrected chi connectivity index (χ4v) is 2.88. The lowest BCUT2D eigenvalue weighted by atomic mass is 10.1. The number of benzene rings is 1. The Morgan fingerprint density at radius 2 is 2.14 bits per heavy atom. The summed E-state index contributed by atoms with van der Waals surface area (Å²) in [6, 6.07) is 2.21. The molecule has 1 aromatic rings. The number of carbonyl (C=O) groups is 2. The fourth-order valence-electron chi connectivity index (χ4n) is 2.88. The topological polar surface area (TPSA) is 81.7 Å². The van der Waals surface area contributed by atoms with Gasteiger partial charge in [-0.1, -0.05) is 6.92 Å². The number of rotatable bonds is 2. The predicted octanol–water partition coefficient (Wildman–Crippen LogP) is 0.526. The third-order valence-corrected chi connectivity index (χ3v) is 3.95. The van der Waals surface area contributed by atoms with E-state index in [1.807, 2.05) is 6.92 Å². The first kappa shape index (κ1) is 13.8. The first-order valence-corrected chi connectivity index (χ1v) is 6.89. The van der Waals surface area contributed by atoms with E-state index in [2.05, 4.69) is 10.6 Å². The number of piperazine rings is 1. The third-order valence-electron chi connectivity index (χ3n) is 3.95. The second kappa shape index (κ2) is 5.00. The minimum Gasteiger partial charge on any atom is -0.378 e. The number of amides is 2. The van der Waals surface area contributed by atoms with Crippen LogP contribution in [0.5, 0.6) is 0 Å². The summed E-state index contributed by atoms with van der Waals surface area (Å²) in [5.41, 5.74) is 0.894. The number of hydrogen-bond donors (Lipinski definition) is 3. The SMILES string of the molecule is CCC1C(=O)NCCN1c1cc2c(cc1F)C(O)C(=O)N2. The lowest BCUT2D eigenvalue weighted by molar-refractivity contribution is -0.124. The van der Waals surface area contributed by atoms with Gasteiger partial charge < -0.3 is 20.6 Å². The van der Waals surface area contributed by atoms with Gasteiger partial charge in [0.25, 0.3) is 5.91 Å². The summed E-state index contributed by atoms with van der Waals surface area (Å²) in [5, 5.41) is 14.9. The zero-order valence-corrected chi connectivity index (χ0v) is 11.5. The summed E-state index contributed by atoms with van der Waals surface area (Å²) in [5.74, 6) is -1.24. The van der Waals surface area contributed by atoms with Crippen LogP contribution in [0.1, 0.15) is 25.0 Å². The van der Waals surface area contributed by atoms with Gasteiger partial charge in [-0.3, -0.25) is 9.59 Å². The molecule has 7 heteroatoms. The van der Waals surface area contributed by atoms with Crippen molar-refractivity contribution < 1.29 is 19.1 Å². The summed E-state index contributed by atoms with van der Waals surface area (Å²) >= 11 is 0. The van der Waals surface area contributed by atoms with Gasteiger partial charge in [0.2, 0.25) is 5.91 Å². The molecule has 6 nitrogen and oxygen atoms in total. The maximum Gasteiger partial charge on any atom is 0.257 e. The third kappa shape index (κ3) is 2.13. The number of fused-ring (bicyclic) bond motifs is 1. The predicted molar refractivity (Wildman–Crippen MR) is 74.4 cm³/mol. The number of hydrogen-bond acceptors (Lipinski definition) is 4. The van der Waals surface area contributed by atoms with Gasteiger partial charge in [0.1, 0.15) is 11.9 Å². The van der Waals surface area contributed by atoms with Crippen LogP contribution in [0.3, 0.4) is 0 Å². The quantitative estimate of drug-likeness (QED) is 0.743. The van der Waals surface area contributed by atoms with E-state index in [-0.39, 0.29) is 17.2 Å². The molecule has 0 saturated carbocycles. The molecule has 112 valence electrons. The van der Waals surface area contributed by atoms with Gasteiger partial charge in [-0.2, -0.15) is 0 Å². The molecule has 0 aliphatic carbocycles. The lowest BCUT2D eigenvalue weighted by Crippen LogP contribution is -2.55. The number of nitrogens with one attached hydrogen (secondary N) is 2. The number of carbonyl (C=O) groups excluding carboxylic acids is 2. The van der Waals surface area contributed by atoms with Gasteiger partial charge in [0.05, 0.1) is 5.69 Å². The maximum atomic E-state index is 14.3. The standard InChI is InChI=1S/C14H16FN3O3/c1-2-10-13(20)16-3-4-18(10)11-6-9-7(5-8(11)15)12(19)14(21)17-9/h5-6,10,12,19H,2-4H2,1H3,(H,16,20)(H,17,21).